The van der Waals surface area contributed by atoms with Crippen LogP contribution in [0.2, 0.25) is 0 Å². The van der Waals surface area contributed by atoms with Gasteiger partial charge in [-0.15, -0.1) is 0 Å². The summed E-state index contributed by atoms with van der Waals surface area (Å²) in [4.78, 5) is 69.9. The average Bonchev–Trinajstić information content (AvgIpc) is 3.29. The highest BCUT2D eigenvalue weighted by Gasteiger charge is 2.36. The Morgan fingerprint density at radius 3 is 1.48 bits per heavy atom. The first-order valence-corrected chi connectivity index (χ1v) is 18.4. The van der Waals surface area contributed by atoms with E-state index in [0.717, 1.165) is 9.48 Å². The summed E-state index contributed by atoms with van der Waals surface area (Å²) in [6.07, 6.45) is 0. The highest BCUT2D eigenvalue weighted by Crippen LogP contribution is 2.45. The Kier molecular flexibility index (Phi) is 10.5. The molecule has 0 atom stereocenters. The summed E-state index contributed by atoms with van der Waals surface area (Å²) in [6, 6.07) is 38.6. The molecule has 1 N–H and O–H groups in total. The second-order valence-electron chi connectivity index (χ2n) is 13.5. The van der Waals surface area contributed by atoms with E-state index < -0.39 is 69.6 Å². The topological polar surface area (TPSA) is 125 Å². The number of imide groups is 2. The van der Waals surface area contributed by atoms with Crippen LogP contribution < -0.4 is 14.8 Å². The second-order valence-corrected chi connectivity index (χ2v) is 13.5. The number of amides is 4. The van der Waals surface area contributed by atoms with Gasteiger partial charge in [0.15, 0.2) is 23.3 Å². The largest absolute Gasteiger partial charge is 0.478 e. The first-order valence-electron chi connectivity index (χ1n) is 18.4. The van der Waals surface area contributed by atoms with Crippen molar-refractivity contribution in [1.82, 2.24) is 4.58 Å². The molecule has 0 radical (unpaired) electrons. The van der Waals surface area contributed by atoms with Gasteiger partial charge in [-0.05, 0) is 66.7 Å². The molecule has 13 heteroatoms. The summed E-state index contributed by atoms with van der Waals surface area (Å²) in [5.74, 6) is -14.4. The number of nitrogens with zero attached hydrogens (tertiary/aromatic N) is 2. The number of fused-ring (bicyclic) bond motifs is 2. The van der Waals surface area contributed by atoms with Gasteiger partial charge in [0.25, 0.3) is 11.8 Å². The van der Waals surface area contributed by atoms with E-state index in [1.54, 1.807) is 72.8 Å². The zero-order valence-corrected chi connectivity index (χ0v) is 31.3. The molecular weight excluding hydrogens is 793 g/mol. The molecule has 0 saturated carbocycles. The number of carboxylic acids is 1. The van der Waals surface area contributed by atoms with Crippen molar-refractivity contribution in [3.8, 4) is 22.5 Å². The number of carbonyl (C=O) groups is 5. The molecule has 6 aromatic carbocycles. The number of carbonyl (C=O) groups excluding carboxylic acids is 4. The number of benzene rings is 7. The molecule has 0 unspecified atom stereocenters. The fraction of sp³-hybridized carbons (Fsp3) is 0. The fourth-order valence-electron chi connectivity index (χ4n) is 6.98. The molecule has 0 bridgehead atoms. The summed E-state index contributed by atoms with van der Waals surface area (Å²) in [5.41, 5.74) is -3.34. The minimum Gasteiger partial charge on any atom is -0.478 e. The minimum absolute atomic E-state index is 0.101. The van der Waals surface area contributed by atoms with E-state index in [2.05, 4.69) is 0 Å². The lowest BCUT2D eigenvalue weighted by atomic mass is 9.89. The Morgan fingerprint density at radius 2 is 0.984 bits per heavy atom. The molecule has 0 spiro atoms. The molecule has 0 aromatic heterocycles. The van der Waals surface area contributed by atoms with Gasteiger partial charge in [0, 0.05) is 45.3 Å². The Labute approximate surface area is 342 Å². The van der Waals surface area contributed by atoms with Crippen molar-refractivity contribution in [3.05, 3.63) is 214 Å². The predicted octanol–water partition coefficient (Wildman–Crippen LogP) is 9.40. The van der Waals surface area contributed by atoms with E-state index >= 15 is 13.2 Å². The van der Waals surface area contributed by atoms with Gasteiger partial charge in [0.05, 0.1) is 22.9 Å². The van der Waals surface area contributed by atoms with Gasteiger partial charge >= 0.3 is 17.8 Å². The van der Waals surface area contributed by atoms with E-state index in [1.807, 2.05) is 0 Å². The average molecular weight is 820 g/mol. The Balaban J connectivity index is 1.48. The highest BCUT2D eigenvalue weighted by molar-refractivity contribution is 6.26. The van der Waals surface area contributed by atoms with Crippen LogP contribution in [0.3, 0.4) is 0 Å². The SMILES string of the molecule is O=C(O)c1c(F)c(F)c(F)c(F)c1-c1c2ccc(=[N+](C(=O)c3ccccc3)C(=O)c3ccccc3)cc-2oc2cc(N(C(=O)c3ccccc3)C(=O)c3ccccc3)ccc12. The highest BCUT2D eigenvalue weighted by atomic mass is 19.2. The van der Waals surface area contributed by atoms with Crippen LogP contribution in [0.5, 0.6) is 0 Å². The predicted molar refractivity (Wildman–Crippen MR) is 216 cm³/mol. The van der Waals surface area contributed by atoms with Gasteiger partial charge in [-0.25, -0.2) is 36.8 Å². The van der Waals surface area contributed by atoms with E-state index in [1.165, 1.54) is 84.9 Å². The molecule has 0 saturated heterocycles. The quantitative estimate of drug-likeness (QED) is 0.0424. The fourth-order valence-corrected chi connectivity index (χ4v) is 6.98. The molecule has 4 amide bonds. The normalized spacial score (nSPS) is 11.0. The Hall–Kier alpha value is -8.32. The summed E-state index contributed by atoms with van der Waals surface area (Å²) in [6.45, 7) is 0. The summed E-state index contributed by atoms with van der Waals surface area (Å²) >= 11 is 0. The van der Waals surface area contributed by atoms with Crippen molar-refractivity contribution in [2.45, 2.75) is 0 Å². The van der Waals surface area contributed by atoms with Gasteiger partial charge < -0.3 is 9.52 Å². The van der Waals surface area contributed by atoms with E-state index in [4.69, 9.17) is 4.42 Å². The standard InChI is InChI=1S/C48H26F4N2O7/c49-40-38(39(48(59)60)41(50)43(52)42(40)51)37-33-23-21-31(53(44(55)27-13-5-1-6-14-27)45(56)28-15-7-2-8-16-28)25-35(33)61-36-26-32(22-24-34(36)37)54(46(57)29-17-9-3-10-18-29)47(58)30-19-11-4-12-20-30/h1-26H/p+1. The van der Waals surface area contributed by atoms with Gasteiger partial charge in [0.2, 0.25) is 5.36 Å². The third-order valence-electron chi connectivity index (χ3n) is 9.83. The molecule has 1 aliphatic heterocycles. The van der Waals surface area contributed by atoms with Crippen molar-refractivity contribution in [2.24, 2.45) is 0 Å². The summed E-state index contributed by atoms with van der Waals surface area (Å²) in [7, 11) is 0. The number of hydrogen-bond donors (Lipinski definition) is 1. The number of anilines is 1. The van der Waals surface area contributed by atoms with Crippen LogP contribution in [-0.4, -0.2) is 34.7 Å². The lowest BCUT2D eigenvalue weighted by molar-refractivity contribution is 0.0688. The van der Waals surface area contributed by atoms with Gasteiger partial charge in [-0.2, -0.15) is 0 Å². The van der Waals surface area contributed by atoms with Crippen molar-refractivity contribution in [1.29, 1.82) is 0 Å². The maximum atomic E-state index is 16.1. The van der Waals surface area contributed by atoms with Crippen LogP contribution in [0.25, 0.3) is 33.4 Å². The lowest BCUT2D eigenvalue weighted by Gasteiger charge is -2.23. The first-order chi connectivity index (χ1) is 29.5. The number of aromatic carboxylic acids is 1. The molecule has 0 fully saturated rings. The van der Waals surface area contributed by atoms with Crippen LogP contribution in [0.4, 0.5) is 23.2 Å². The van der Waals surface area contributed by atoms with Crippen molar-refractivity contribution in [3.63, 3.8) is 0 Å². The second kappa shape index (κ2) is 16.1. The molecule has 6 aromatic rings. The van der Waals surface area contributed by atoms with E-state index in [0.29, 0.717) is 0 Å². The summed E-state index contributed by atoms with van der Waals surface area (Å²) in [5, 5.41) is 9.83. The summed E-state index contributed by atoms with van der Waals surface area (Å²) < 4.78 is 68.5. The van der Waals surface area contributed by atoms with Crippen molar-refractivity contribution in [2.75, 3.05) is 4.90 Å². The molecular formula is C48H27F4N2O7+. The van der Waals surface area contributed by atoms with Crippen LogP contribution in [-0.2, 0) is 0 Å². The molecule has 1 aliphatic carbocycles. The van der Waals surface area contributed by atoms with Crippen molar-refractivity contribution >= 4 is 46.3 Å². The zero-order chi connectivity index (χ0) is 42.9. The van der Waals surface area contributed by atoms with Crippen molar-refractivity contribution < 1.29 is 51.1 Å². The monoisotopic (exact) mass is 819 g/mol. The maximum absolute atomic E-state index is 16.1. The van der Waals surface area contributed by atoms with Crippen LogP contribution in [0.15, 0.2) is 162 Å². The Bertz CT molecular complexity index is 3020. The number of rotatable bonds is 7. The molecule has 8 rings (SSSR count). The minimum atomic E-state index is -2.36. The van der Waals surface area contributed by atoms with Crippen LogP contribution in [0, 0.1) is 23.3 Å². The molecule has 9 nitrogen and oxygen atoms in total. The van der Waals surface area contributed by atoms with E-state index in [9.17, 15) is 33.5 Å². The third kappa shape index (κ3) is 7.14. The first kappa shape index (κ1) is 39.5. The molecule has 298 valence electrons. The number of halogens is 4. The van der Waals surface area contributed by atoms with Gasteiger partial charge in [-0.1, -0.05) is 77.4 Å². The van der Waals surface area contributed by atoms with Crippen LogP contribution in [0.1, 0.15) is 51.8 Å². The Morgan fingerprint density at radius 1 is 0.508 bits per heavy atom. The third-order valence-corrected chi connectivity index (χ3v) is 9.83. The van der Waals surface area contributed by atoms with Gasteiger partial charge in [0.1, 0.15) is 16.9 Å². The van der Waals surface area contributed by atoms with E-state index in [-0.39, 0.29) is 55.6 Å². The molecule has 2 aliphatic rings. The number of carboxylic acid groups (broad SMARTS) is 1. The van der Waals surface area contributed by atoms with Crippen LogP contribution >= 0.6 is 0 Å². The number of hydrogen-bond acceptors (Lipinski definition) is 6. The lowest BCUT2D eigenvalue weighted by Crippen LogP contribution is -2.40. The van der Waals surface area contributed by atoms with Gasteiger partial charge in [-0.3, -0.25) is 9.59 Å². The maximum Gasteiger partial charge on any atom is 0.428 e. The molecule has 1 heterocycles. The molecule has 61 heavy (non-hydrogen) atoms. The smallest absolute Gasteiger partial charge is 0.428 e. The zero-order valence-electron chi connectivity index (χ0n) is 31.3.